The third-order valence-electron chi connectivity index (χ3n) is 6.91. The van der Waals surface area contributed by atoms with Crippen molar-refractivity contribution in [1.29, 1.82) is 0 Å². The summed E-state index contributed by atoms with van der Waals surface area (Å²) in [6.45, 7) is 5.56. The van der Waals surface area contributed by atoms with Gasteiger partial charge in [-0.3, -0.25) is 4.90 Å². The topological polar surface area (TPSA) is 39.9 Å². The Balaban J connectivity index is 1.29. The molecule has 0 radical (unpaired) electrons. The minimum absolute atomic E-state index is 0.382. The van der Waals surface area contributed by atoms with Crippen molar-refractivity contribution in [2.75, 3.05) is 26.2 Å². The summed E-state index contributed by atoms with van der Waals surface area (Å²) in [5.41, 5.74) is 3.12. The lowest BCUT2D eigenvalue weighted by molar-refractivity contribution is 0.0895. The minimum Gasteiger partial charge on any atom is -0.508 e. The van der Waals surface area contributed by atoms with Crippen LogP contribution in [0, 0.1) is 0 Å². The maximum absolute atomic E-state index is 10.6. The molecule has 2 aliphatic rings. The first kappa shape index (κ1) is 19.7. The largest absolute Gasteiger partial charge is 0.508 e. The number of aromatic hydroxyl groups is 1. The highest BCUT2D eigenvalue weighted by Gasteiger charge is 2.26. The normalized spacial score (nSPS) is 19.5. The van der Waals surface area contributed by atoms with Gasteiger partial charge in [0.2, 0.25) is 0 Å². The summed E-state index contributed by atoms with van der Waals surface area (Å²) in [5.74, 6) is 1.33. The first-order chi connectivity index (χ1) is 14.8. The first-order valence-corrected chi connectivity index (χ1v) is 11.5. The number of furan rings is 1. The van der Waals surface area contributed by atoms with Crippen molar-refractivity contribution in [2.24, 2.45) is 0 Å². The molecule has 3 aromatic rings. The zero-order chi connectivity index (χ0) is 20.3. The Morgan fingerprint density at radius 1 is 0.900 bits per heavy atom. The average Bonchev–Trinajstić information content (AvgIpc) is 3.20. The molecule has 2 fully saturated rings. The molecule has 4 heteroatoms. The van der Waals surface area contributed by atoms with Gasteiger partial charge < -0.3 is 14.4 Å². The molecular formula is C26H32N2O2. The monoisotopic (exact) mass is 404 g/mol. The minimum atomic E-state index is 0.382. The van der Waals surface area contributed by atoms with Crippen LogP contribution < -0.4 is 0 Å². The van der Waals surface area contributed by atoms with Gasteiger partial charge in [-0.15, -0.1) is 0 Å². The lowest BCUT2D eigenvalue weighted by atomic mass is 9.99. The molecule has 0 unspecified atom stereocenters. The van der Waals surface area contributed by atoms with Crippen LogP contribution in [0.15, 0.2) is 52.9 Å². The zero-order valence-electron chi connectivity index (χ0n) is 17.7. The van der Waals surface area contributed by atoms with Crippen LogP contribution in [0.5, 0.6) is 5.75 Å². The number of benzene rings is 2. The van der Waals surface area contributed by atoms with E-state index >= 15 is 0 Å². The van der Waals surface area contributed by atoms with E-state index in [9.17, 15) is 5.11 Å². The molecule has 0 saturated carbocycles. The summed E-state index contributed by atoms with van der Waals surface area (Å²) >= 11 is 0. The van der Waals surface area contributed by atoms with E-state index in [1.165, 1.54) is 50.8 Å². The van der Waals surface area contributed by atoms with Gasteiger partial charge in [0.05, 0.1) is 0 Å². The van der Waals surface area contributed by atoms with Crippen LogP contribution in [0.3, 0.4) is 0 Å². The highest BCUT2D eigenvalue weighted by atomic mass is 16.3. The van der Waals surface area contributed by atoms with Crippen LogP contribution in [0.25, 0.3) is 11.0 Å². The Kier molecular flexibility index (Phi) is 5.78. The number of hydrogen-bond acceptors (Lipinski definition) is 4. The van der Waals surface area contributed by atoms with Gasteiger partial charge in [0.15, 0.2) is 0 Å². The van der Waals surface area contributed by atoms with E-state index in [-0.39, 0.29) is 0 Å². The summed E-state index contributed by atoms with van der Waals surface area (Å²) in [4.78, 5) is 5.21. The van der Waals surface area contributed by atoms with Crippen LogP contribution in [0.4, 0.5) is 0 Å². The van der Waals surface area contributed by atoms with Crippen LogP contribution >= 0.6 is 0 Å². The van der Waals surface area contributed by atoms with Gasteiger partial charge >= 0.3 is 0 Å². The standard InChI is InChI=1S/C26H32N2O2/c29-25-9-10-26-23(18-22(30-26)17-20-7-3-1-4-8-20)24(25)19-27-15-11-21(12-16-27)28-13-5-2-6-14-28/h1,3-4,7-10,18,21,29H,2,5-6,11-17,19H2. The van der Waals surface area contributed by atoms with E-state index in [1.54, 1.807) is 6.07 Å². The van der Waals surface area contributed by atoms with Gasteiger partial charge in [-0.25, -0.2) is 0 Å². The summed E-state index contributed by atoms with van der Waals surface area (Å²) in [6, 6.07) is 16.9. The van der Waals surface area contributed by atoms with E-state index in [2.05, 4.69) is 40.1 Å². The summed E-state index contributed by atoms with van der Waals surface area (Å²) in [7, 11) is 0. The van der Waals surface area contributed by atoms with Gasteiger partial charge in [0.1, 0.15) is 17.1 Å². The van der Waals surface area contributed by atoms with Crippen LogP contribution in [-0.2, 0) is 13.0 Å². The second-order valence-electron chi connectivity index (χ2n) is 8.95. The van der Waals surface area contributed by atoms with Gasteiger partial charge in [-0.05, 0) is 75.6 Å². The summed E-state index contributed by atoms with van der Waals surface area (Å²) in [6.07, 6.45) is 7.37. The molecule has 30 heavy (non-hydrogen) atoms. The molecule has 4 nitrogen and oxygen atoms in total. The Morgan fingerprint density at radius 3 is 2.43 bits per heavy atom. The molecule has 2 aromatic carbocycles. The number of hydrogen-bond donors (Lipinski definition) is 1. The van der Waals surface area contributed by atoms with Crippen molar-refractivity contribution in [3.8, 4) is 5.75 Å². The Morgan fingerprint density at radius 2 is 1.67 bits per heavy atom. The van der Waals surface area contributed by atoms with E-state index in [1.807, 2.05) is 12.1 Å². The van der Waals surface area contributed by atoms with Crippen LogP contribution in [-0.4, -0.2) is 47.1 Å². The molecule has 1 N–H and O–H groups in total. The van der Waals surface area contributed by atoms with E-state index in [0.717, 1.165) is 54.4 Å². The van der Waals surface area contributed by atoms with Crippen molar-refractivity contribution < 1.29 is 9.52 Å². The van der Waals surface area contributed by atoms with Gasteiger partial charge in [0, 0.05) is 30.0 Å². The van der Waals surface area contributed by atoms with Crippen molar-refractivity contribution >= 4 is 11.0 Å². The van der Waals surface area contributed by atoms with E-state index in [0.29, 0.717) is 5.75 Å². The fourth-order valence-electron chi connectivity index (χ4n) is 5.21. The van der Waals surface area contributed by atoms with Crippen LogP contribution in [0.2, 0.25) is 0 Å². The molecule has 2 saturated heterocycles. The molecule has 5 rings (SSSR count). The maximum Gasteiger partial charge on any atom is 0.134 e. The van der Waals surface area contributed by atoms with Gasteiger partial charge in [0.25, 0.3) is 0 Å². The average molecular weight is 405 g/mol. The lowest BCUT2D eigenvalue weighted by Crippen LogP contribution is -2.46. The molecule has 0 bridgehead atoms. The van der Waals surface area contributed by atoms with Crippen molar-refractivity contribution in [3.63, 3.8) is 0 Å². The zero-order valence-corrected chi connectivity index (χ0v) is 17.7. The summed E-state index contributed by atoms with van der Waals surface area (Å²) < 4.78 is 6.12. The predicted molar refractivity (Wildman–Crippen MR) is 121 cm³/mol. The fraction of sp³-hybridized carbons (Fsp3) is 0.462. The molecule has 158 valence electrons. The number of likely N-dealkylation sites (tertiary alicyclic amines) is 2. The number of piperidine rings is 2. The van der Waals surface area contributed by atoms with Gasteiger partial charge in [-0.2, -0.15) is 0 Å². The number of nitrogens with zero attached hydrogens (tertiary/aromatic N) is 2. The molecule has 2 aliphatic heterocycles. The lowest BCUT2D eigenvalue weighted by Gasteiger charge is -2.40. The van der Waals surface area contributed by atoms with E-state index in [4.69, 9.17) is 4.42 Å². The first-order valence-electron chi connectivity index (χ1n) is 11.5. The molecule has 0 atom stereocenters. The number of rotatable bonds is 5. The fourth-order valence-corrected chi connectivity index (χ4v) is 5.21. The highest BCUT2D eigenvalue weighted by molar-refractivity contribution is 5.84. The molecule has 0 spiro atoms. The SMILES string of the molecule is Oc1ccc2oc(Cc3ccccc3)cc2c1CN1CCC(N2CCCCC2)CC1. The number of phenolic OH excluding ortho intramolecular Hbond substituents is 1. The van der Waals surface area contributed by atoms with Crippen molar-refractivity contribution in [2.45, 2.75) is 51.1 Å². The second kappa shape index (κ2) is 8.83. The molecule has 1 aromatic heterocycles. The molecule has 0 amide bonds. The highest BCUT2D eigenvalue weighted by Crippen LogP contribution is 2.32. The number of fused-ring (bicyclic) bond motifs is 1. The quantitative estimate of drug-likeness (QED) is 0.636. The third-order valence-corrected chi connectivity index (χ3v) is 6.91. The molecule has 0 aliphatic carbocycles. The predicted octanol–water partition coefficient (Wildman–Crippen LogP) is 5.18. The van der Waals surface area contributed by atoms with Gasteiger partial charge in [-0.1, -0.05) is 36.8 Å². The smallest absolute Gasteiger partial charge is 0.134 e. The maximum atomic E-state index is 10.6. The second-order valence-corrected chi connectivity index (χ2v) is 8.95. The Hall–Kier alpha value is -2.30. The van der Waals surface area contributed by atoms with E-state index < -0.39 is 0 Å². The molecule has 3 heterocycles. The Bertz CT molecular complexity index is 967. The third kappa shape index (κ3) is 4.26. The summed E-state index contributed by atoms with van der Waals surface area (Å²) in [5, 5.41) is 11.7. The Labute approximate surface area is 179 Å². The van der Waals surface area contributed by atoms with Crippen LogP contribution in [0.1, 0.15) is 49.0 Å². The molecular weight excluding hydrogens is 372 g/mol. The van der Waals surface area contributed by atoms with Crippen molar-refractivity contribution in [1.82, 2.24) is 9.80 Å². The van der Waals surface area contributed by atoms with Crippen molar-refractivity contribution in [3.05, 3.63) is 65.4 Å². The number of phenols is 1.